The monoisotopic (exact) mass is 153 g/mol. The molecule has 62 valence electrons. The highest BCUT2D eigenvalue weighted by Crippen LogP contribution is 2.02. The van der Waals surface area contributed by atoms with Crippen molar-refractivity contribution >= 4 is 5.90 Å². The fraction of sp³-hybridized carbons (Fsp3) is 0.444. The Balaban J connectivity index is 4.45. The van der Waals surface area contributed by atoms with Crippen LogP contribution in [0.3, 0.4) is 0 Å². The van der Waals surface area contributed by atoms with Crippen LogP contribution in [0.1, 0.15) is 13.8 Å². The molecule has 0 spiro atoms. The van der Waals surface area contributed by atoms with Crippen LogP contribution in [0.5, 0.6) is 0 Å². The van der Waals surface area contributed by atoms with E-state index in [0.29, 0.717) is 5.90 Å². The van der Waals surface area contributed by atoms with Gasteiger partial charge in [0.15, 0.2) is 0 Å². The van der Waals surface area contributed by atoms with Crippen LogP contribution >= 0.6 is 0 Å². The van der Waals surface area contributed by atoms with E-state index in [1.807, 2.05) is 19.9 Å². The van der Waals surface area contributed by atoms with Crippen molar-refractivity contribution in [2.45, 2.75) is 13.8 Å². The first-order valence-corrected chi connectivity index (χ1v) is 3.46. The van der Waals surface area contributed by atoms with Crippen molar-refractivity contribution in [3.8, 4) is 0 Å². The summed E-state index contributed by atoms with van der Waals surface area (Å²) in [4.78, 5) is 3.94. The van der Waals surface area contributed by atoms with Gasteiger partial charge in [0, 0.05) is 12.6 Å². The third-order valence-corrected chi connectivity index (χ3v) is 1.20. The second kappa shape index (κ2) is 4.72. The minimum absolute atomic E-state index is 0.660. The summed E-state index contributed by atoms with van der Waals surface area (Å²) < 4.78 is 5.00. The third kappa shape index (κ3) is 3.61. The maximum absolute atomic E-state index is 5.00. The van der Waals surface area contributed by atoms with Gasteiger partial charge in [-0.15, -0.1) is 0 Å². The van der Waals surface area contributed by atoms with Crippen LogP contribution in [0.15, 0.2) is 28.8 Å². The molecule has 0 heterocycles. The number of ether oxygens (including phenoxy) is 1. The molecule has 2 nitrogen and oxygen atoms in total. The number of rotatable bonds is 2. The summed E-state index contributed by atoms with van der Waals surface area (Å²) >= 11 is 0. The van der Waals surface area contributed by atoms with E-state index in [2.05, 4.69) is 11.6 Å². The Morgan fingerprint density at radius 1 is 1.45 bits per heavy atom. The molecular formula is C9H15NO. The minimum Gasteiger partial charge on any atom is -0.481 e. The summed E-state index contributed by atoms with van der Waals surface area (Å²) in [6.45, 7) is 7.64. The summed E-state index contributed by atoms with van der Waals surface area (Å²) in [6.07, 6.45) is 1.94. The largest absolute Gasteiger partial charge is 0.481 e. The Hall–Kier alpha value is -1.05. The van der Waals surface area contributed by atoms with Gasteiger partial charge in [0.2, 0.25) is 5.90 Å². The lowest BCUT2D eigenvalue weighted by atomic mass is 10.2. The van der Waals surface area contributed by atoms with Crippen molar-refractivity contribution < 1.29 is 4.74 Å². The lowest BCUT2D eigenvalue weighted by Crippen LogP contribution is -2.02. The third-order valence-electron chi connectivity index (χ3n) is 1.20. The van der Waals surface area contributed by atoms with Crippen molar-refractivity contribution in [1.82, 2.24) is 0 Å². The first kappa shape index (κ1) is 9.95. The average Bonchev–Trinajstić information content (AvgIpc) is 1.88. The maximum Gasteiger partial charge on any atom is 0.211 e. The van der Waals surface area contributed by atoms with Gasteiger partial charge in [-0.1, -0.05) is 18.2 Å². The van der Waals surface area contributed by atoms with Crippen molar-refractivity contribution in [3.05, 3.63) is 23.8 Å². The highest BCUT2D eigenvalue weighted by Gasteiger charge is 1.97. The smallest absolute Gasteiger partial charge is 0.211 e. The Bertz CT molecular complexity index is 202. The van der Waals surface area contributed by atoms with Gasteiger partial charge in [0.25, 0.3) is 0 Å². The molecule has 0 amide bonds. The fourth-order valence-corrected chi connectivity index (χ4v) is 0.860. The van der Waals surface area contributed by atoms with Gasteiger partial charge in [-0.3, -0.25) is 4.99 Å². The predicted octanol–water partition coefficient (Wildman–Crippen LogP) is 2.18. The van der Waals surface area contributed by atoms with Gasteiger partial charge in [0.1, 0.15) is 0 Å². The number of hydrogen-bond donors (Lipinski definition) is 0. The number of nitrogens with zero attached hydrogens (tertiary/aromatic N) is 1. The predicted molar refractivity (Wildman–Crippen MR) is 48.9 cm³/mol. The molecular weight excluding hydrogens is 138 g/mol. The quantitative estimate of drug-likeness (QED) is 0.338. The topological polar surface area (TPSA) is 21.6 Å². The molecule has 0 N–H and O–H groups in total. The van der Waals surface area contributed by atoms with E-state index in [-0.39, 0.29) is 0 Å². The Morgan fingerprint density at radius 2 is 2.00 bits per heavy atom. The average molecular weight is 153 g/mol. The molecule has 11 heavy (non-hydrogen) atoms. The molecule has 0 bridgehead atoms. The number of allylic oxidation sites excluding steroid dienone is 2. The lowest BCUT2D eigenvalue weighted by Gasteiger charge is -2.02. The summed E-state index contributed by atoms with van der Waals surface area (Å²) in [5.41, 5.74) is 2.00. The molecule has 0 atom stereocenters. The molecule has 0 aliphatic carbocycles. The van der Waals surface area contributed by atoms with Crippen LogP contribution in [-0.4, -0.2) is 20.1 Å². The molecule has 0 aromatic carbocycles. The molecule has 0 aliphatic heterocycles. The Morgan fingerprint density at radius 3 is 2.27 bits per heavy atom. The molecule has 0 saturated heterocycles. The van der Waals surface area contributed by atoms with E-state index < -0.39 is 0 Å². The van der Waals surface area contributed by atoms with Gasteiger partial charge >= 0.3 is 0 Å². The zero-order valence-electron chi connectivity index (χ0n) is 7.64. The molecule has 0 aromatic heterocycles. The van der Waals surface area contributed by atoms with E-state index in [9.17, 15) is 0 Å². The number of aliphatic imine (C=N–C) groups is 1. The van der Waals surface area contributed by atoms with E-state index in [0.717, 1.165) is 11.1 Å². The molecule has 0 radical (unpaired) electrons. The summed E-state index contributed by atoms with van der Waals surface area (Å²) in [7, 11) is 3.31. The van der Waals surface area contributed by atoms with Gasteiger partial charge in [-0.05, 0) is 13.8 Å². The highest BCUT2D eigenvalue weighted by atomic mass is 16.5. The molecule has 0 rings (SSSR count). The zero-order valence-corrected chi connectivity index (χ0v) is 7.64. The maximum atomic E-state index is 5.00. The van der Waals surface area contributed by atoms with Crippen LogP contribution < -0.4 is 0 Å². The molecule has 0 fully saturated rings. The first-order valence-electron chi connectivity index (χ1n) is 3.46. The first-order chi connectivity index (χ1) is 5.11. The van der Waals surface area contributed by atoms with Crippen LogP contribution in [0.4, 0.5) is 0 Å². The fourth-order valence-electron chi connectivity index (χ4n) is 0.860. The molecule has 0 aromatic rings. The summed E-state index contributed by atoms with van der Waals surface area (Å²) in [6, 6.07) is 0. The van der Waals surface area contributed by atoms with Crippen LogP contribution in [0.2, 0.25) is 0 Å². The summed E-state index contributed by atoms with van der Waals surface area (Å²) in [5.74, 6) is 0.660. The van der Waals surface area contributed by atoms with E-state index >= 15 is 0 Å². The van der Waals surface area contributed by atoms with E-state index in [4.69, 9.17) is 4.74 Å². The number of methoxy groups -OCH3 is 1. The Labute approximate surface area is 68.3 Å². The lowest BCUT2D eigenvalue weighted by molar-refractivity contribution is 0.402. The molecule has 0 unspecified atom stereocenters. The summed E-state index contributed by atoms with van der Waals surface area (Å²) in [5, 5.41) is 0. The standard InChI is InChI=1S/C9H15NO/c1-7(2)6-8(3)9(10-4)11-5/h6H,1H2,2-5H3/b8-6-,10-9?. The van der Waals surface area contributed by atoms with Crippen molar-refractivity contribution in [2.75, 3.05) is 14.2 Å². The van der Waals surface area contributed by atoms with E-state index in [1.165, 1.54) is 0 Å². The van der Waals surface area contributed by atoms with Gasteiger partial charge in [0.05, 0.1) is 7.11 Å². The zero-order chi connectivity index (χ0) is 8.85. The number of hydrogen-bond acceptors (Lipinski definition) is 2. The molecule has 2 heteroatoms. The van der Waals surface area contributed by atoms with Crippen LogP contribution in [-0.2, 0) is 4.74 Å². The second-order valence-corrected chi connectivity index (χ2v) is 2.41. The normalized spacial score (nSPS) is 13.1. The second-order valence-electron chi connectivity index (χ2n) is 2.41. The van der Waals surface area contributed by atoms with E-state index in [1.54, 1.807) is 14.2 Å². The minimum atomic E-state index is 0.660. The van der Waals surface area contributed by atoms with Crippen LogP contribution in [0.25, 0.3) is 0 Å². The molecule has 0 saturated carbocycles. The highest BCUT2D eigenvalue weighted by molar-refractivity contribution is 5.93. The van der Waals surface area contributed by atoms with Crippen LogP contribution in [0, 0.1) is 0 Å². The molecule has 0 aliphatic rings. The SMILES string of the molecule is C=C(C)/C=C(/C)C(=NC)OC. The Kier molecular flexibility index (Phi) is 4.27. The van der Waals surface area contributed by atoms with Gasteiger partial charge < -0.3 is 4.74 Å². The van der Waals surface area contributed by atoms with Gasteiger partial charge in [-0.25, -0.2) is 0 Å². The van der Waals surface area contributed by atoms with Gasteiger partial charge in [-0.2, -0.15) is 0 Å². The van der Waals surface area contributed by atoms with Crippen molar-refractivity contribution in [2.24, 2.45) is 4.99 Å². The van der Waals surface area contributed by atoms with Crippen molar-refractivity contribution in [1.29, 1.82) is 0 Å². The van der Waals surface area contributed by atoms with Crippen molar-refractivity contribution in [3.63, 3.8) is 0 Å².